The molecule has 0 aromatic heterocycles. The molecule has 0 radical (unpaired) electrons. The fourth-order valence-corrected chi connectivity index (χ4v) is 1.35. The van der Waals surface area contributed by atoms with Crippen LogP contribution < -0.4 is 5.32 Å². The summed E-state index contributed by atoms with van der Waals surface area (Å²) in [5.41, 5.74) is 1.05. The van der Waals surface area contributed by atoms with Crippen molar-refractivity contribution in [2.45, 2.75) is 25.8 Å². The average Bonchev–Trinajstić information content (AvgIpc) is 1.82. The molecular weight excluding hydrogens is 154 g/mol. The lowest BCUT2D eigenvalue weighted by Gasteiger charge is -2.34. The topological polar surface area (TPSA) is 49.3 Å². The van der Waals surface area contributed by atoms with Gasteiger partial charge in [0.2, 0.25) is 0 Å². The first-order valence-electron chi connectivity index (χ1n) is 4.22. The summed E-state index contributed by atoms with van der Waals surface area (Å²) in [6.07, 6.45) is 1.79. The normalized spacial score (nSPS) is 27.8. The molecule has 3 heteroatoms. The van der Waals surface area contributed by atoms with Crippen LogP contribution in [0.5, 0.6) is 0 Å². The summed E-state index contributed by atoms with van der Waals surface area (Å²) in [7, 11) is 0. The fourth-order valence-electron chi connectivity index (χ4n) is 1.35. The average molecular weight is 169 g/mol. The van der Waals surface area contributed by atoms with Gasteiger partial charge in [-0.15, -0.1) is 0 Å². The summed E-state index contributed by atoms with van der Waals surface area (Å²) in [6.45, 7) is 6.41. The number of carboxylic acid groups (broad SMARTS) is 1. The fraction of sp³-hybridized carbons (Fsp3) is 0.667. The van der Waals surface area contributed by atoms with E-state index in [2.05, 4.69) is 11.9 Å². The van der Waals surface area contributed by atoms with Gasteiger partial charge in [0.1, 0.15) is 0 Å². The standard InChI is InChI=1S/C9H15NO2/c1-6(2)5-10-8-4-3-7(8)9(11)12/h7-8,10H,1,3-5H2,2H3,(H,11,12). The van der Waals surface area contributed by atoms with Gasteiger partial charge in [-0.25, -0.2) is 0 Å². The van der Waals surface area contributed by atoms with Crippen LogP contribution in [0.2, 0.25) is 0 Å². The monoisotopic (exact) mass is 169 g/mol. The second-order valence-electron chi connectivity index (χ2n) is 3.47. The molecule has 1 aliphatic rings. The lowest BCUT2D eigenvalue weighted by molar-refractivity contribution is -0.145. The molecule has 3 nitrogen and oxygen atoms in total. The molecule has 0 aromatic carbocycles. The molecule has 2 unspecified atom stereocenters. The lowest BCUT2D eigenvalue weighted by atomic mass is 9.79. The minimum Gasteiger partial charge on any atom is -0.481 e. The highest BCUT2D eigenvalue weighted by atomic mass is 16.4. The van der Waals surface area contributed by atoms with E-state index in [-0.39, 0.29) is 12.0 Å². The SMILES string of the molecule is C=C(C)CNC1CCC1C(=O)O. The van der Waals surface area contributed by atoms with E-state index in [1.54, 1.807) is 0 Å². The first-order chi connectivity index (χ1) is 5.61. The molecular formula is C9H15NO2. The van der Waals surface area contributed by atoms with Crippen LogP contribution in [0.15, 0.2) is 12.2 Å². The number of rotatable bonds is 4. The predicted octanol–water partition coefficient (Wildman–Crippen LogP) is 1.02. The first kappa shape index (κ1) is 9.26. The molecule has 1 saturated carbocycles. The Hall–Kier alpha value is -0.830. The Morgan fingerprint density at radius 2 is 2.33 bits per heavy atom. The van der Waals surface area contributed by atoms with Crippen LogP contribution in [0, 0.1) is 5.92 Å². The van der Waals surface area contributed by atoms with Crippen molar-refractivity contribution >= 4 is 5.97 Å². The summed E-state index contributed by atoms with van der Waals surface area (Å²) >= 11 is 0. The van der Waals surface area contributed by atoms with Crippen molar-refractivity contribution in [1.82, 2.24) is 5.32 Å². The maximum absolute atomic E-state index is 10.6. The van der Waals surface area contributed by atoms with Gasteiger partial charge in [-0.2, -0.15) is 0 Å². The number of hydrogen-bond acceptors (Lipinski definition) is 2. The summed E-state index contributed by atoms with van der Waals surface area (Å²) < 4.78 is 0. The van der Waals surface area contributed by atoms with Gasteiger partial charge in [0, 0.05) is 12.6 Å². The lowest BCUT2D eigenvalue weighted by Crippen LogP contribution is -2.48. The number of aliphatic carboxylic acids is 1. The molecule has 0 bridgehead atoms. The van der Waals surface area contributed by atoms with E-state index in [0.29, 0.717) is 0 Å². The van der Waals surface area contributed by atoms with E-state index < -0.39 is 5.97 Å². The van der Waals surface area contributed by atoms with Crippen molar-refractivity contribution in [1.29, 1.82) is 0 Å². The van der Waals surface area contributed by atoms with E-state index in [1.165, 1.54) is 0 Å². The molecule has 0 saturated heterocycles. The van der Waals surface area contributed by atoms with Crippen LogP contribution in [0.25, 0.3) is 0 Å². The second kappa shape index (κ2) is 3.72. The minimum absolute atomic E-state index is 0.166. The molecule has 12 heavy (non-hydrogen) atoms. The Morgan fingerprint density at radius 3 is 2.67 bits per heavy atom. The van der Waals surface area contributed by atoms with Crippen molar-refractivity contribution < 1.29 is 9.90 Å². The van der Waals surface area contributed by atoms with E-state index in [4.69, 9.17) is 5.11 Å². The Labute approximate surface area is 72.5 Å². The van der Waals surface area contributed by atoms with Gasteiger partial charge in [-0.05, 0) is 19.8 Å². The number of carboxylic acids is 1. The maximum Gasteiger partial charge on any atom is 0.308 e. The largest absolute Gasteiger partial charge is 0.481 e. The molecule has 0 spiro atoms. The highest BCUT2D eigenvalue weighted by Gasteiger charge is 2.35. The van der Waals surface area contributed by atoms with Crippen molar-refractivity contribution in [2.24, 2.45) is 5.92 Å². The van der Waals surface area contributed by atoms with Crippen LogP contribution in [-0.2, 0) is 4.79 Å². The third-order valence-electron chi connectivity index (χ3n) is 2.26. The van der Waals surface area contributed by atoms with Crippen molar-refractivity contribution in [3.8, 4) is 0 Å². The maximum atomic E-state index is 10.6. The number of hydrogen-bond donors (Lipinski definition) is 2. The van der Waals surface area contributed by atoms with E-state index in [0.717, 1.165) is 25.0 Å². The Bertz CT molecular complexity index is 201. The summed E-state index contributed by atoms with van der Waals surface area (Å²) in [4.78, 5) is 10.6. The first-order valence-corrected chi connectivity index (χ1v) is 4.22. The third-order valence-corrected chi connectivity index (χ3v) is 2.26. The van der Waals surface area contributed by atoms with Gasteiger partial charge in [-0.1, -0.05) is 12.2 Å². The zero-order valence-corrected chi connectivity index (χ0v) is 7.34. The molecule has 0 heterocycles. The van der Waals surface area contributed by atoms with Crippen molar-refractivity contribution in [2.75, 3.05) is 6.54 Å². The van der Waals surface area contributed by atoms with Gasteiger partial charge in [0.05, 0.1) is 5.92 Å². The van der Waals surface area contributed by atoms with Crippen LogP contribution in [0.3, 0.4) is 0 Å². The zero-order valence-electron chi connectivity index (χ0n) is 7.34. The quantitative estimate of drug-likeness (QED) is 0.618. The van der Waals surface area contributed by atoms with Crippen LogP contribution in [0.1, 0.15) is 19.8 Å². The predicted molar refractivity (Wildman–Crippen MR) is 47.0 cm³/mol. The molecule has 0 aromatic rings. The Kier molecular flexibility index (Phi) is 2.87. The van der Waals surface area contributed by atoms with E-state index in [1.807, 2.05) is 6.92 Å². The highest BCUT2D eigenvalue weighted by molar-refractivity contribution is 5.72. The van der Waals surface area contributed by atoms with Gasteiger partial charge < -0.3 is 10.4 Å². The highest BCUT2D eigenvalue weighted by Crippen LogP contribution is 2.27. The third kappa shape index (κ3) is 2.08. The smallest absolute Gasteiger partial charge is 0.308 e. The van der Waals surface area contributed by atoms with Gasteiger partial charge in [0.25, 0.3) is 0 Å². The molecule has 2 N–H and O–H groups in total. The molecule has 68 valence electrons. The van der Waals surface area contributed by atoms with Crippen LogP contribution in [-0.4, -0.2) is 23.7 Å². The Balaban J connectivity index is 2.25. The van der Waals surface area contributed by atoms with Crippen LogP contribution >= 0.6 is 0 Å². The number of nitrogens with one attached hydrogen (secondary N) is 1. The molecule has 1 aliphatic carbocycles. The summed E-state index contributed by atoms with van der Waals surface area (Å²) in [6, 6.07) is 0.166. The van der Waals surface area contributed by atoms with Gasteiger partial charge in [-0.3, -0.25) is 4.79 Å². The van der Waals surface area contributed by atoms with E-state index >= 15 is 0 Å². The molecule has 1 fully saturated rings. The summed E-state index contributed by atoms with van der Waals surface area (Å²) in [5.74, 6) is -0.857. The zero-order chi connectivity index (χ0) is 9.14. The molecule has 1 rings (SSSR count). The molecule has 2 atom stereocenters. The minimum atomic E-state index is -0.680. The van der Waals surface area contributed by atoms with Crippen LogP contribution in [0.4, 0.5) is 0 Å². The second-order valence-corrected chi connectivity index (χ2v) is 3.47. The molecule has 0 amide bonds. The number of carbonyl (C=O) groups is 1. The summed E-state index contributed by atoms with van der Waals surface area (Å²) in [5, 5.41) is 11.9. The Morgan fingerprint density at radius 1 is 1.67 bits per heavy atom. The van der Waals surface area contributed by atoms with Crippen molar-refractivity contribution in [3.63, 3.8) is 0 Å². The van der Waals surface area contributed by atoms with Gasteiger partial charge in [0.15, 0.2) is 0 Å². The van der Waals surface area contributed by atoms with Gasteiger partial charge >= 0.3 is 5.97 Å². The van der Waals surface area contributed by atoms with Crippen molar-refractivity contribution in [3.05, 3.63) is 12.2 Å². The molecule has 0 aliphatic heterocycles. The van der Waals surface area contributed by atoms with E-state index in [9.17, 15) is 4.79 Å².